The Labute approximate surface area is 120 Å². The summed E-state index contributed by atoms with van der Waals surface area (Å²) in [4.78, 5) is 15.9. The molecule has 0 saturated heterocycles. The Balaban J connectivity index is 2.10. The quantitative estimate of drug-likeness (QED) is 0.678. The van der Waals surface area contributed by atoms with Gasteiger partial charge in [0.15, 0.2) is 0 Å². The smallest absolute Gasteiger partial charge is 0.337 e. The number of methoxy groups -OCH3 is 1. The summed E-state index contributed by atoms with van der Waals surface area (Å²) in [6.45, 7) is 0. The van der Waals surface area contributed by atoms with E-state index < -0.39 is 0 Å². The maximum absolute atomic E-state index is 11.5. The predicted molar refractivity (Wildman–Crippen MR) is 77.0 cm³/mol. The van der Waals surface area contributed by atoms with Gasteiger partial charge in [-0.05, 0) is 36.4 Å². The van der Waals surface area contributed by atoms with Gasteiger partial charge in [-0.15, -0.1) is 0 Å². The van der Waals surface area contributed by atoms with Gasteiger partial charge in [0.2, 0.25) is 0 Å². The Morgan fingerprint density at radius 2 is 2.00 bits per heavy atom. The number of esters is 1. The number of imidazole rings is 1. The van der Waals surface area contributed by atoms with E-state index in [0.717, 1.165) is 16.9 Å². The van der Waals surface area contributed by atoms with Crippen LogP contribution in [0.15, 0.2) is 48.8 Å². The molecule has 0 N–H and O–H groups in total. The molecule has 0 aliphatic carbocycles. The lowest BCUT2D eigenvalue weighted by molar-refractivity contribution is 0.0601. The van der Waals surface area contributed by atoms with E-state index in [0.29, 0.717) is 10.6 Å². The maximum atomic E-state index is 11.5. The van der Waals surface area contributed by atoms with Crippen LogP contribution < -0.4 is 0 Å². The normalized spacial score (nSPS) is 10.7. The zero-order chi connectivity index (χ0) is 14.1. The molecule has 0 aliphatic rings. The lowest BCUT2D eigenvalue weighted by atomic mass is 10.2. The van der Waals surface area contributed by atoms with Crippen molar-refractivity contribution < 1.29 is 9.53 Å². The van der Waals surface area contributed by atoms with Crippen LogP contribution in [0.25, 0.3) is 16.9 Å². The van der Waals surface area contributed by atoms with Crippen LogP contribution in [-0.2, 0) is 4.74 Å². The van der Waals surface area contributed by atoms with E-state index in [2.05, 4.69) is 4.98 Å². The molecule has 3 aromatic rings. The molecule has 0 fully saturated rings. The van der Waals surface area contributed by atoms with Gasteiger partial charge in [0.05, 0.1) is 24.4 Å². The Hall–Kier alpha value is -2.33. The Morgan fingerprint density at radius 1 is 1.25 bits per heavy atom. The van der Waals surface area contributed by atoms with E-state index in [4.69, 9.17) is 16.3 Å². The highest BCUT2D eigenvalue weighted by Crippen LogP contribution is 2.22. The molecule has 0 bridgehead atoms. The number of hydrogen-bond donors (Lipinski definition) is 0. The minimum absolute atomic E-state index is 0.359. The average molecular weight is 287 g/mol. The van der Waals surface area contributed by atoms with Crippen molar-refractivity contribution in [2.24, 2.45) is 0 Å². The van der Waals surface area contributed by atoms with Crippen molar-refractivity contribution in [3.8, 4) is 11.4 Å². The third-order valence-corrected chi connectivity index (χ3v) is 3.31. The predicted octanol–water partition coefficient (Wildman–Crippen LogP) is 3.44. The number of halogens is 1. The molecular weight excluding hydrogens is 276 g/mol. The van der Waals surface area contributed by atoms with Crippen molar-refractivity contribution in [2.75, 3.05) is 7.11 Å². The summed E-state index contributed by atoms with van der Waals surface area (Å²) >= 11 is 5.88. The average Bonchev–Trinajstić information content (AvgIpc) is 2.90. The first-order chi connectivity index (χ1) is 9.69. The van der Waals surface area contributed by atoms with Crippen molar-refractivity contribution >= 4 is 23.1 Å². The summed E-state index contributed by atoms with van der Waals surface area (Å²) in [5, 5.41) is 0.683. The lowest BCUT2D eigenvalue weighted by Crippen LogP contribution is -2.01. The number of ether oxygens (including phenoxy) is 1. The third-order valence-electron chi connectivity index (χ3n) is 3.06. The molecule has 0 radical (unpaired) electrons. The minimum atomic E-state index is -0.359. The molecule has 0 aliphatic heterocycles. The largest absolute Gasteiger partial charge is 0.465 e. The molecular formula is C15H11ClN2O2. The highest BCUT2D eigenvalue weighted by atomic mass is 35.5. The van der Waals surface area contributed by atoms with Crippen LogP contribution in [0.4, 0.5) is 0 Å². The van der Waals surface area contributed by atoms with Crippen molar-refractivity contribution in [1.82, 2.24) is 9.38 Å². The molecule has 3 rings (SSSR count). The summed E-state index contributed by atoms with van der Waals surface area (Å²) in [6, 6.07) is 10.9. The number of nitrogens with zero attached hydrogens (tertiary/aromatic N) is 2. The van der Waals surface area contributed by atoms with Crippen LogP contribution in [-0.4, -0.2) is 22.5 Å². The molecule has 20 heavy (non-hydrogen) atoms. The minimum Gasteiger partial charge on any atom is -0.465 e. The highest BCUT2D eigenvalue weighted by Gasteiger charge is 2.10. The number of benzene rings is 1. The maximum Gasteiger partial charge on any atom is 0.337 e. The van der Waals surface area contributed by atoms with E-state index in [1.807, 2.05) is 28.7 Å². The van der Waals surface area contributed by atoms with Gasteiger partial charge < -0.3 is 4.74 Å². The van der Waals surface area contributed by atoms with Crippen LogP contribution in [0.3, 0.4) is 0 Å². The lowest BCUT2D eigenvalue weighted by Gasteiger charge is -2.03. The second-order valence-corrected chi connectivity index (χ2v) is 4.73. The van der Waals surface area contributed by atoms with E-state index >= 15 is 0 Å². The monoisotopic (exact) mass is 286 g/mol. The molecule has 0 spiro atoms. The van der Waals surface area contributed by atoms with E-state index in [-0.39, 0.29) is 5.97 Å². The topological polar surface area (TPSA) is 43.6 Å². The van der Waals surface area contributed by atoms with E-state index in [9.17, 15) is 4.79 Å². The summed E-state index contributed by atoms with van der Waals surface area (Å²) in [6.07, 6.45) is 3.52. The number of aromatic nitrogens is 2. The van der Waals surface area contributed by atoms with Crippen LogP contribution >= 0.6 is 11.6 Å². The molecule has 0 amide bonds. The van der Waals surface area contributed by atoms with Crippen molar-refractivity contribution in [3.63, 3.8) is 0 Å². The van der Waals surface area contributed by atoms with Gasteiger partial charge in [0.25, 0.3) is 0 Å². The first-order valence-corrected chi connectivity index (χ1v) is 6.38. The van der Waals surface area contributed by atoms with Crippen molar-refractivity contribution in [3.05, 3.63) is 59.4 Å². The first-order valence-electron chi connectivity index (χ1n) is 6.00. The number of fused-ring (bicyclic) bond motifs is 1. The molecule has 100 valence electrons. The highest BCUT2D eigenvalue weighted by molar-refractivity contribution is 6.30. The van der Waals surface area contributed by atoms with E-state index in [1.54, 1.807) is 24.5 Å². The Kier molecular flexibility index (Phi) is 3.16. The van der Waals surface area contributed by atoms with Crippen LogP contribution in [0.5, 0.6) is 0 Å². The first kappa shape index (κ1) is 12.7. The number of carbonyl (C=O) groups is 1. The van der Waals surface area contributed by atoms with Gasteiger partial charge in [-0.3, -0.25) is 4.40 Å². The van der Waals surface area contributed by atoms with Crippen molar-refractivity contribution in [2.45, 2.75) is 0 Å². The fraction of sp³-hybridized carbons (Fsp3) is 0.0667. The fourth-order valence-electron chi connectivity index (χ4n) is 2.06. The zero-order valence-electron chi connectivity index (χ0n) is 10.7. The standard InChI is InChI=1S/C15H11ClN2O2/c1-20-15(19)11-6-7-18-13(8-11)9-17-14(18)10-2-4-12(16)5-3-10/h2-9H,1H3. The second-order valence-electron chi connectivity index (χ2n) is 4.29. The van der Waals surface area contributed by atoms with Crippen molar-refractivity contribution in [1.29, 1.82) is 0 Å². The number of rotatable bonds is 2. The molecule has 0 atom stereocenters. The summed E-state index contributed by atoms with van der Waals surface area (Å²) in [5.74, 6) is 0.440. The van der Waals surface area contributed by atoms with Crippen LogP contribution in [0, 0.1) is 0 Å². The Morgan fingerprint density at radius 3 is 2.70 bits per heavy atom. The Bertz CT molecular complexity index is 778. The van der Waals surface area contributed by atoms with E-state index in [1.165, 1.54) is 7.11 Å². The second kappa shape index (κ2) is 4.98. The third kappa shape index (κ3) is 2.14. The number of pyridine rings is 1. The molecule has 5 heteroatoms. The van der Waals surface area contributed by atoms with Crippen LogP contribution in [0.2, 0.25) is 5.02 Å². The molecule has 0 saturated carbocycles. The van der Waals surface area contributed by atoms with Crippen LogP contribution in [0.1, 0.15) is 10.4 Å². The van der Waals surface area contributed by atoms with Gasteiger partial charge in [0.1, 0.15) is 5.82 Å². The molecule has 2 heterocycles. The van der Waals surface area contributed by atoms with Gasteiger partial charge in [-0.1, -0.05) is 11.6 Å². The number of hydrogen-bond acceptors (Lipinski definition) is 3. The van der Waals surface area contributed by atoms with Gasteiger partial charge in [0, 0.05) is 16.8 Å². The fourth-order valence-corrected chi connectivity index (χ4v) is 2.18. The van der Waals surface area contributed by atoms with Gasteiger partial charge in [-0.2, -0.15) is 0 Å². The summed E-state index contributed by atoms with van der Waals surface area (Å²) in [5.41, 5.74) is 2.29. The summed E-state index contributed by atoms with van der Waals surface area (Å²) < 4.78 is 6.62. The number of carbonyl (C=O) groups excluding carboxylic acids is 1. The SMILES string of the molecule is COC(=O)c1ccn2c(-c3ccc(Cl)cc3)ncc2c1. The van der Waals surface area contributed by atoms with Gasteiger partial charge in [-0.25, -0.2) is 9.78 Å². The molecule has 2 aromatic heterocycles. The summed E-state index contributed by atoms with van der Waals surface area (Å²) in [7, 11) is 1.36. The molecule has 0 unspecified atom stereocenters. The zero-order valence-corrected chi connectivity index (χ0v) is 11.5. The molecule has 4 nitrogen and oxygen atoms in total. The molecule has 1 aromatic carbocycles. The van der Waals surface area contributed by atoms with Gasteiger partial charge >= 0.3 is 5.97 Å².